The van der Waals surface area contributed by atoms with Crippen LogP contribution in [-0.2, 0) is 17.8 Å². The van der Waals surface area contributed by atoms with Gasteiger partial charge in [-0.25, -0.2) is 0 Å². The fourth-order valence-electron chi connectivity index (χ4n) is 4.63. The van der Waals surface area contributed by atoms with E-state index in [2.05, 4.69) is 26.6 Å². The number of carbonyl (C=O) groups is 1. The van der Waals surface area contributed by atoms with E-state index in [1.54, 1.807) is 7.11 Å². The van der Waals surface area contributed by atoms with Crippen LogP contribution in [0.2, 0.25) is 0 Å². The number of nitrogens with zero attached hydrogens (tertiary/aromatic N) is 4. The van der Waals surface area contributed by atoms with E-state index in [4.69, 9.17) is 4.74 Å². The quantitative estimate of drug-likeness (QED) is 0.786. The van der Waals surface area contributed by atoms with Crippen LogP contribution in [0.3, 0.4) is 0 Å². The van der Waals surface area contributed by atoms with Crippen molar-refractivity contribution in [3.05, 3.63) is 42.0 Å². The summed E-state index contributed by atoms with van der Waals surface area (Å²) in [4.78, 5) is 15.0. The maximum absolute atomic E-state index is 12.9. The van der Waals surface area contributed by atoms with Gasteiger partial charge in [0.25, 0.3) is 0 Å². The Labute approximate surface area is 160 Å². The molecule has 0 bridgehead atoms. The Hall–Kier alpha value is -2.37. The molecule has 6 heteroatoms. The number of hydrogen-bond acceptors (Lipinski definition) is 4. The third kappa shape index (κ3) is 3.33. The molecule has 1 saturated carbocycles. The fraction of sp³-hybridized carbons (Fsp3) is 0.571. The lowest BCUT2D eigenvalue weighted by atomic mass is 9.62. The summed E-state index contributed by atoms with van der Waals surface area (Å²) in [6.45, 7) is 4.64. The predicted octanol–water partition coefficient (Wildman–Crippen LogP) is 3.04. The van der Waals surface area contributed by atoms with Crippen LogP contribution in [0.25, 0.3) is 0 Å². The molecule has 1 amide bonds. The molecule has 1 spiro atoms. The highest BCUT2D eigenvalue weighted by Gasteiger charge is 2.53. The van der Waals surface area contributed by atoms with Crippen molar-refractivity contribution in [2.24, 2.45) is 5.41 Å². The van der Waals surface area contributed by atoms with Crippen molar-refractivity contribution >= 4 is 5.91 Å². The highest BCUT2D eigenvalue weighted by Crippen LogP contribution is 2.55. The monoisotopic (exact) mass is 368 g/mol. The largest absolute Gasteiger partial charge is 0.497 e. The average molecular weight is 368 g/mol. The van der Waals surface area contributed by atoms with E-state index in [1.165, 1.54) is 24.8 Å². The number of rotatable bonds is 6. The average Bonchev–Trinajstić information content (AvgIpc) is 3.30. The number of amides is 1. The fourth-order valence-corrected chi connectivity index (χ4v) is 4.63. The van der Waals surface area contributed by atoms with Crippen LogP contribution >= 0.6 is 0 Å². The number of methoxy groups -OCH3 is 1. The number of hydrogen-bond donors (Lipinski definition) is 0. The van der Waals surface area contributed by atoms with Crippen molar-refractivity contribution in [3.8, 4) is 5.75 Å². The molecule has 144 valence electrons. The van der Waals surface area contributed by atoms with Crippen molar-refractivity contribution in [2.45, 2.75) is 51.5 Å². The van der Waals surface area contributed by atoms with Gasteiger partial charge in [0, 0.05) is 32.0 Å². The molecule has 1 aromatic heterocycles. The zero-order valence-electron chi connectivity index (χ0n) is 16.2. The number of aromatic nitrogens is 3. The summed E-state index contributed by atoms with van der Waals surface area (Å²) in [6, 6.07) is 7.98. The lowest BCUT2D eigenvalue weighted by molar-refractivity contribution is -0.130. The molecule has 27 heavy (non-hydrogen) atoms. The maximum Gasteiger partial charge on any atom is 0.222 e. The first-order chi connectivity index (χ1) is 13.1. The highest BCUT2D eigenvalue weighted by atomic mass is 16.5. The third-order valence-electron chi connectivity index (χ3n) is 6.43. The van der Waals surface area contributed by atoms with Crippen molar-refractivity contribution in [1.29, 1.82) is 0 Å². The van der Waals surface area contributed by atoms with Gasteiger partial charge in [0.2, 0.25) is 5.91 Å². The molecule has 1 atom stereocenters. The minimum atomic E-state index is 0.218. The summed E-state index contributed by atoms with van der Waals surface area (Å²) in [5.41, 5.74) is 1.39. The van der Waals surface area contributed by atoms with Crippen LogP contribution in [-0.4, -0.2) is 45.8 Å². The Balaban J connectivity index is 1.42. The maximum atomic E-state index is 12.9. The van der Waals surface area contributed by atoms with Crippen molar-refractivity contribution < 1.29 is 9.53 Å². The number of aryl methyl sites for hydroxylation is 2. The second kappa shape index (κ2) is 7.33. The first kappa shape index (κ1) is 18.0. The van der Waals surface area contributed by atoms with Crippen molar-refractivity contribution in [1.82, 2.24) is 19.7 Å². The minimum Gasteiger partial charge on any atom is -0.497 e. The van der Waals surface area contributed by atoms with Crippen LogP contribution in [0.4, 0.5) is 0 Å². The first-order valence-corrected chi connectivity index (χ1v) is 9.93. The van der Waals surface area contributed by atoms with Gasteiger partial charge in [0.1, 0.15) is 17.9 Å². The molecule has 1 saturated heterocycles. The predicted molar refractivity (Wildman–Crippen MR) is 103 cm³/mol. The summed E-state index contributed by atoms with van der Waals surface area (Å²) < 4.78 is 7.33. The van der Waals surface area contributed by atoms with Gasteiger partial charge in [0.15, 0.2) is 0 Å². The smallest absolute Gasteiger partial charge is 0.222 e. The molecule has 2 heterocycles. The summed E-state index contributed by atoms with van der Waals surface area (Å²) in [7, 11) is 1.66. The molecule has 0 radical (unpaired) electrons. The van der Waals surface area contributed by atoms with Gasteiger partial charge >= 0.3 is 0 Å². The van der Waals surface area contributed by atoms with Gasteiger partial charge in [-0.3, -0.25) is 4.79 Å². The SMILES string of the molecule is CCn1cnnc1C1CN(C(=O)CCc2ccc(OC)cc2)CC12CCC2. The van der Waals surface area contributed by atoms with E-state index in [-0.39, 0.29) is 11.3 Å². The second-order valence-corrected chi connectivity index (χ2v) is 7.87. The Kier molecular flexibility index (Phi) is 4.89. The van der Waals surface area contributed by atoms with E-state index < -0.39 is 0 Å². The number of likely N-dealkylation sites (tertiary alicyclic amines) is 1. The van der Waals surface area contributed by atoms with Gasteiger partial charge < -0.3 is 14.2 Å². The van der Waals surface area contributed by atoms with Gasteiger partial charge in [-0.2, -0.15) is 0 Å². The summed E-state index contributed by atoms with van der Waals surface area (Å²) in [5, 5.41) is 8.53. The van der Waals surface area contributed by atoms with Crippen LogP contribution < -0.4 is 4.74 Å². The first-order valence-electron chi connectivity index (χ1n) is 9.93. The minimum absolute atomic E-state index is 0.218. The molecule has 1 unspecified atom stereocenters. The molecule has 1 aliphatic heterocycles. The summed E-state index contributed by atoms with van der Waals surface area (Å²) >= 11 is 0. The molecule has 6 nitrogen and oxygen atoms in total. The normalized spacial score (nSPS) is 20.7. The van der Waals surface area contributed by atoms with Crippen molar-refractivity contribution in [2.75, 3.05) is 20.2 Å². The van der Waals surface area contributed by atoms with Gasteiger partial charge in [-0.05, 0) is 49.3 Å². The van der Waals surface area contributed by atoms with E-state index in [1.807, 2.05) is 30.6 Å². The zero-order valence-corrected chi connectivity index (χ0v) is 16.2. The molecule has 4 rings (SSSR count). The van der Waals surface area contributed by atoms with Gasteiger partial charge in [0.05, 0.1) is 7.11 Å². The van der Waals surface area contributed by atoms with Crippen LogP contribution in [0, 0.1) is 5.41 Å². The topological polar surface area (TPSA) is 60.2 Å². The Morgan fingerprint density at radius 2 is 2.07 bits per heavy atom. The molecule has 2 aliphatic rings. The Bertz CT molecular complexity index is 795. The molecule has 1 aromatic carbocycles. The van der Waals surface area contributed by atoms with E-state index in [0.717, 1.165) is 37.6 Å². The molecule has 2 fully saturated rings. The molecule has 2 aromatic rings. The number of ether oxygens (including phenoxy) is 1. The number of benzene rings is 1. The zero-order chi connectivity index (χ0) is 18.9. The summed E-state index contributed by atoms with van der Waals surface area (Å²) in [6.07, 6.45) is 6.77. The van der Waals surface area contributed by atoms with E-state index in [0.29, 0.717) is 12.3 Å². The lowest BCUT2D eigenvalue weighted by Crippen LogP contribution is -2.38. The van der Waals surface area contributed by atoms with E-state index >= 15 is 0 Å². The van der Waals surface area contributed by atoms with E-state index in [9.17, 15) is 4.79 Å². The Morgan fingerprint density at radius 3 is 2.70 bits per heavy atom. The van der Waals surface area contributed by atoms with Crippen LogP contribution in [0.5, 0.6) is 5.75 Å². The lowest BCUT2D eigenvalue weighted by Gasteiger charge is -2.42. The molecule has 1 aliphatic carbocycles. The van der Waals surface area contributed by atoms with Crippen LogP contribution in [0.1, 0.15) is 49.9 Å². The summed E-state index contributed by atoms with van der Waals surface area (Å²) in [5.74, 6) is 2.47. The Morgan fingerprint density at radius 1 is 1.30 bits per heavy atom. The van der Waals surface area contributed by atoms with Gasteiger partial charge in [-0.15, -0.1) is 10.2 Å². The second-order valence-electron chi connectivity index (χ2n) is 7.87. The van der Waals surface area contributed by atoms with Crippen molar-refractivity contribution in [3.63, 3.8) is 0 Å². The number of carbonyl (C=O) groups excluding carboxylic acids is 1. The standard InChI is InChI=1S/C21H28N4O2/c1-3-24-15-22-23-20(24)18-13-25(14-21(18)11-4-12-21)19(26)10-7-16-5-8-17(27-2)9-6-16/h5-6,8-9,15,18H,3-4,7,10-14H2,1-2H3. The molecular formula is C21H28N4O2. The highest BCUT2D eigenvalue weighted by molar-refractivity contribution is 5.77. The molecule has 0 N–H and O–H groups in total. The van der Waals surface area contributed by atoms with Gasteiger partial charge in [-0.1, -0.05) is 18.6 Å². The third-order valence-corrected chi connectivity index (χ3v) is 6.43. The van der Waals surface area contributed by atoms with Crippen LogP contribution in [0.15, 0.2) is 30.6 Å². The molecular weight excluding hydrogens is 340 g/mol.